The van der Waals surface area contributed by atoms with Crippen molar-refractivity contribution < 1.29 is 9.47 Å². The molecule has 0 atom stereocenters. The van der Waals surface area contributed by atoms with Crippen LogP contribution < -0.4 is 14.8 Å². The number of nitrogens with one attached hydrogen (secondary N) is 1. The highest BCUT2D eigenvalue weighted by atomic mass is 35.5. The Morgan fingerprint density at radius 3 is 2.24 bits per heavy atom. The molecule has 0 fully saturated rings. The van der Waals surface area contributed by atoms with E-state index in [4.69, 9.17) is 44.3 Å². The minimum atomic E-state index is 0.208. The molecule has 2 rings (SSSR count). The fraction of sp³-hybridized carbons (Fsp3) is 0.455. The van der Waals surface area contributed by atoms with Crippen LogP contribution in [0.2, 0.25) is 15.1 Å². The summed E-state index contributed by atoms with van der Waals surface area (Å²) >= 11 is 19.0. The molecule has 0 aliphatic rings. The Bertz CT molecular complexity index is 763. The van der Waals surface area contributed by atoms with Crippen molar-refractivity contribution in [1.29, 1.82) is 0 Å². The van der Waals surface area contributed by atoms with Crippen LogP contribution in [-0.4, -0.2) is 37.7 Å². The SMILES string of the molecule is CCOc1cc(CNCCN(CC)CC)cc(Cl)c1OCc1c(Cl)cccc1Cl. The molecule has 29 heavy (non-hydrogen) atoms. The van der Waals surface area contributed by atoms with Gasteiger partial charge in [-0.3, -0.25) is 0 Å². The maximum absolute atomic E-state index is 6.52. The van der Waals surface area contributed by atoms with Crippen molar-refractivity contribution in [3.05, 3.63) is 56.5 Å². The fourth-order valence-corrected chi connectivity index (χ4v) is 3.75. The van der Waals surface area contributed by atoms with Crippen LogP contribution in [0.1, 0.15) is 31.9 Å². The predicted octanol–water partition coefficient (Wildman–Crippen LogP) is 6.06. The van der Waals surface area contributed by atoms with E-state index in [1.807, 2.05) is 19.1 Å². The van der Waals surface area contributed by atoms with Gasteiger partial charge in [0.05, 0.1) is 11.6 Å². The summed E-state index contributed by atoms with van der Waals surface area (Å²) in [6.45, 7) is 11.7. The van der Waals surface area contributed by atoms with Gasteiger partial charge in [0.15, 0.2) is 11.5 Å². The predicted molar refractivity (Wildman–Crippen MR) is 123 cm³/mol. The lowest BCUT2D eigenvalue weighted by Gasteiger charge is -2.19. The standard InChI is InChI=1S/C22H29Cl3N2O2/c1-4-27(5-2)11-10-26-14-16-12-20(25)22(21(13-16)28-6-3)29-15-17-18(23)8-7-9-19(17)24/h7-9,12-13,26H,4-6,10-11,14-15H2,1-3H3. The summed E-state index contributed by atoms with van der Waals surface area (Å²) in [7, 11) is 0. The van der Waals surface area contributed by atoms with Crippen molar-refractivity contribution in [2.45, 2.75) is 33.9 Å². The van der Waals surface area contributed by atoms with E-state index in [0.717, 1.165) is 37.3 Å². The van der Waals surface area contributed by atoms with Crippen LogP contribution in [-0.2, 0) is 13.2 Å². The second kappa shape index (κ2) is 12.5. The summed E-state index contributed by atoms with van der Waals surface area (Å²) in [6.07, 6.45) is 0. The number of halogens is 3. The Hall–Kier alpha value is -1.17. The third-order valence-electron chi connectivity index (χ3n) is 4.62. The molecule has 0 heterocycles. The molecule has 0 aromatic heterocycles. The molecule has 160 valence electrons. The van der Waals surface area contributed by atoms with E-state index in [1.165, 1.54) is 0 Å². The lowest BCUT2D eigenvalue weighted by atomic mass is 10.2. The van der Waals surface area contributed by atoms with E-state index in [-0.39, 0.29) is 6.61 Å². The molecule has 0 radical (unpaired) electrons. The van der Waals surface area contributed by atoms with Crippen LogP contribution in [0.15, 0.2) is 30.3 Å². The first-order valence-electron chi connectivity index (χ1n) is 9.94. The van der Waals surface area contributed by atoms with Gasteiger partial charge in [0, 0.05) is 35.2 Å². The molecule has 4 nitrogen and oxygen atoms in total. The number of ether oxygens (including phenoxy) is 2. The summed E-state index contributed by atoms with van der Waals surface area (Å²) in [5.74, 6) is 1.11. The smallest absolute Gasteiger partial charge is 0.180 e. The van der Waals surface area contributed by atoms with Crippen molar-refractivity contribution in [1.82, 2.24) is 10.2 Å². The molecule has 1 N–H and O–H groups in total. The highest BCUT2D eigenvalue weighted by Crippen LogP contribution is 2.38. The van der Waals surface area contributed by atoms with Crippen LogP contribution >= 0.6 is 34.8 Å². The van der Waals surface area contributed by atoms with Gasteiger partial charge in [0.1, 0.15) is 6.61 Å². The lowest BCUT2D eigenvalue weighted by Crippen LogP contribution is -2.31. The number of nitrogens with zero attached hydrogens (tertiary/aromatic N) is 1. The normalized spacial score (nSPS) is 11.1. The second-order valence-electron chi connectivity index (χ2n) is 6.53. The van der Waals surface area contributed by atoms with Gasteiger partial charge < -0.3 is 19.7 Å². The van der Waals surface area contributed by atoms with Gasteiger partial charge in [-0.2, -0.15) is 0 Å². The summed E-state index contributed by atoms with van der Waals surface area (Å²) in [4.78, 5) is 2.38. The number of rotatable bonds is 12. The number of hydrogen-bond donors (Lipinski definition) is 1. The molecule has 7 heteroatoms. The van der Waals surface area contributed by atoms with E-state index in [9.17, 15) is 0 Å². The fourth-order valence-electron chi connectivity index (χ4n) is 2.95. The van der Waals surface area contributed by atoms with E-state index < -0.39 is 0 Å². The molecule has 0 aliphatic carbocycles. The third-order valence-corrected chi connectivity index (χ3v) is 5.61. The Kier molecular flexibility index (Phi) is 10.4. The van der Waals surface area contributed by atoms with E-state index in [0.29, 0.717) is 39.7 Å². The maximum Gasteiger partial charge on any atom is 0.180 e. The molecule has 0 unspecified atom stereocenters. The van der Waals surface area contributed by atoms with Crippen molar-refractivity contribution in [3.8, 4) is 11.5 Å². The van der Waals surface area contributed by atoms with Crippen molar-refractivity contribution in [2.24, 2.45) is 0 Å². The first-order valence-corrected chi connectivity index (χ1v) is 11.1. The zero-order valence-electron chi connectivity index (χ0n) is 17.2. The first kappa shape index (κ1) is 24.1. The topological polar surface area (TPSA) is 33.7 Å². The first-order chi connectivity index (χ1) is 14.0. The molecule has 0 spiro atoms. The molecular formula is C22H29Cl3N2O2. The minimum Gasteiger partial charge on any atom is -0.490 e. The lowest BCUT2D eigenvalue weighted by molar-refractivity contribution is 0.269. The zero-order valence-corrected chi connectivity index (χ0v) is 19.5. The third kappa shape index (κ3) is 7.23. The largest absolute Gasteiger partial charge is 0.490 e. The Morgan fingerprint density at radius 1 is 0.931 bits per heavy atom. The van der Waals surface area contributed by atoms with Gasteiger partial charge in [0.25, 0.3) is 0 Å². The van der Waals surface area contributed by atoms with Crippen LogP contribution in [0.5, 0.6) is 11.5 Å². The highest BCUT2D eigenvalue weighted by molar-refractivity contribution is 6.36. The Labute approximate surface area is 189 Å². The van der Waals surface area contributed by atoms with Crippen LogP contribution in [0.3, 0.4) is 0 Å². The van der Waals surface area contributed by atoms with Crippen molar-refractivity contribution in [3.63, 3.8) is 0 Å². The van der Waals surface area contributed by atoms with E-state index in [1.54, 1.807) is 18.2 Å². The quantitative estimate of drug-likeness (QED) is 0.391. The van der Waals surface area contributed by atoms with Crippen molar-refractivity contribution >= 4 is 34.8 Å². The van der Waals surface area contributed by atoms with E-state index in [2.05, 4.69) is 24.1 Å². The van der Waals surface area contributed by atoms with Gasteiger partial charge in [-0.05, 0) is 49.8 Å². The molecule has 0 bridgehead atoms. The Morgan fingerprint density at radius 2 is 1.62 bits per heavy atom. The molecule has 2 aromatic carbocycles. The molecule has 0 saturated carbocycles. The number of benzene rings is 2. The van der Waals surface area contributed by atoms with Gasteiger partial charge >= 0.3 is 0 Å². The van der Waals surface area contributed by atoms with Gasteiger partial charge in [0.2, 0.25) is 0 Å². The maximum atomic E-state index is 6.52. The summed E-state index contributed by atoms with van der Waals surface area (Å²) in [6, 6.07) is 9.23. The summed E-state index contributed by atoms with van der Waals surface area (Å²) in [5.41, 5.74) is 1.76. The highest BCUT2D eigenvalue weighted by Gasteiger charge is 2.15. The molecule has 2 aromatic rings. The number of hydrogen-bond acceptors (Lipinski definition) is 4. The zero-order chi connectivity index (χ0) is 21.2. The number of likely N-dealkylation sites (N-methyl/N-ethyl adjacent to an activating group) is 1. The minimum absolute atomic E-state index is 0.208. The van der Waals surface area contributed by atoms with E-state index >= 15 is 0 Å². The molecular weight excluding hydrogens is 431 g/mol. The average Bonchev–Trinajstić information content (AvgIpc) is 2.69. The average molecular weight is 460 g/mol. The van der Waals surface area contributed by atoms with Crippen LogP contribution in [0.25, 0.3) is 0 Å². The van der Waals surface area contributed by atoms with Gasteiger partial charge in [-0.25, -0.2) is 0 Å². The summed E-state index contributed by atoms with van der Waals surface area (Å²) < 4.78 is 11.7. The molecule has 0 aliphatic heterocycles. The molecule has 0 amide bonds. The van der Waals surface area contributed by atoms with Crippen LogP contribution in [0, 0.1) is 0 Å². The second-order valence-corrected chi connectivity index (χ2v) is 7.75. The van der Waals surface area contributed by atoms with Crippen molar-refractivity contribution in [2.75, 3.05) is 32.8 Å². The van der Waals surface area contributed by atoms with Crippen LogP contribution in [0.4, 0.5) is 0 Å². The van der Waals surface area contributed by atoms with Gasteiger partial charge in [-0.15, -0.1) is 0 Å². The van der Waals surface area contributed by atoms with Gasteiger partial charge in [-0.1, -0.05) is 54.7 Å². The monoisotopic (exact) mass is 458 g/mol. The Balaban J connectivity index is 2.07. The molecule has 0 saturated heterocycles. The summed E-state index contributed by atoms with van der Waals surface area (Å²) in [5, 5.41) is 5.07.